The molecule has 130 valence electrons. The molecule has 0 aliphatic carbocycles. The minimum atomic E-state index is -1.24. The van der Waals surface area contributed by atoms with Gasteiger partial charge in [-0.1, -0.05) is 60.7 Å². The van der Waals surface area contributed by atoms with Crippen molar-refractivity contribution >= 4 is 11.9 Å². The number of aliphatic hydroxyl groups excluding tert-OH is 1. The Morgan fingerprint density at radius 2 is 1.48 bits per heavy atom. The van der Waals surface area contributed by atoms with Gasteiger partial charge in [0.2, 0.25) is 0 Å². The van der Waals surface area contributed by atoms with Gasteiger partial charge in [0.05, 0.1) is 26.4 Å². The first-order chi connectivity index (χ1) is 12.2. The number of amides is 3. The number of urea groups is 1. The number of nitrogens with zero attached hydrogens (tertiary/aromatic N) is 1. The number of ether oxygens (including phenoxy) is 1. The van der Waals surface area contributed by atoms with Gasteiger partial charge in [-0.25, -0.2) is 4.79 Å². The summed E-state index contributed by atoms with van der Waals surface area (Å²) in [6.07, 6.45) is 0. The van der Waals surface area contributed by atoms with E-state index in [1.807, 2.05) is 60.7 Å². The summed E-state index contributed by atoms with van der Waals surface area (Å²) in [6.45, 7) is 0.385. The van der Waals surface area contributed by atoms with Crippen molar-refractivity contribution in [2.24, 2.45) is 0 Å². The van der Waals surface area contributed by atoms with Crippen molar-refractivity contribution in [1.82, 2.24) is 10.2 Å². The molecule has 2 N–H and O–H groups in total. The lowest BCUT2D eigenvalue weighted by atomic mass is 9.82. The van der Waals surface area contributed by atoms with Crippen LogP contribution >= 0.6 is 0 Å². The van der Waals surface area contributed by atoms with Gasteiger partial charge in [0.1, 0.15) is 0 Å². The van der Waals surface area contributed by atoms with Gasteiger partial charge in [-0.05, 0) is 11.1 Å². The average Bonchev–Trinajstić information content (AvgIpc) is 2.92. The highest BCUT2D eigenvalue weighted by atomic mass is 16.5. The van der Waals surface area contributed by atoms with Gasteiger partial charge in [0.25, 0.3) is 5.91 Å². The minimum absolute atomic E-state index is 0.0991. The van der Waals surface area contributed by atoms with Gasteiger partial charge in [-0.2, -0.15) is 0 Å². The lowest BCUT2D eigenvalue weighted by molar-refractivity contribution is -0.130. The molecular weight excluding hydrogens is 320 g/mol. The largest absolute Gasteiger partial charge is 0.394 e. The zero-order chi connectivity index (χ0) is 17.7. The van der Waals surface area contributed by atoms with Gasteiger partial charge in [0, 0.05) is 0 Å². The molecule has 1 heterocycles. The maximum absolute atomic E-state index is 13.2. The van der Waals surface area contributed by atoms with E-state index in [-0.39, 0.29) is 32.3 Å². The van der Waals surface area contributed by atoms with Crippen molar-refractivity contribution in [2.75, 3.05) is 26.4 Å². The number of hydrogen-bond acceptors (Lipinski definition) is 4. The predicted octanol–water partition coefficient (Wildman–Crippen LogP) is 1.49. The summed E-state index contributed by atoms with van der Waals surface area (Å²) in [5.41, 5.74) is 0.174. The van der Waals surface area contributed by atoms with Crippen LogP contribution in [-0.2, 0) is 15.1 Å². The molecule has 0 spiro atoms. The third-order valence-corrected chi connectivity index (χ3v) is 4.21. The molecule has 2 aromatic rings. The first-order valence-corrected chi connectivity index (χ1v) is 8.14. The van der Waals surface area contributed by atoms with E-state index in [9.17, 15) is 9.59 Å². The highest BCUT2D eigenvalue weighted by Gasteiger charge is 2.53. The summed E-state index contributed by atoms with van der Waals surface area (Å²) in [7, 11) is 0. The summed E-state index contributed by atoms with van der Waals surface area (Å²) in [5, 5.41) is 11.6. The topological polar surface area (TPSA) is 78.9 Å². The molecule has 0 bridgehead atoms. The van der Waals surface area contributed by atoms with Crippen molar-refractivity contribution in [3.63, 3.8) is 0 Å². The molecule has 0 atom stereocenters. The maximum atomic E-state index is 13.2. The summed E-state index contributed by atoms with van der Waals surface area (Å²) < 4.78 is 5.20. The lowest BCUT2D eigenvalue weighted by Crippen LogP contribution is -2.45. The third kappa shape index (κ3) is 3.14. The predicted molar refractivity (Wildman–Crippen MR) is 91.8 cm³/mol. The fourth-order valence-electron chi connectivity index (χ4n) is 3.04. The first kappa shape index (κ1) is 17.1. The molecule has 0 unspecified atom stereocenters. The van der Waals surface area contributed by atoms with Crippen LogP contribution in [0.3, 0.4) is 0 Å². The number of nitrogens with one attached hydrogen (secondary N) is 1. The molecule has 6 heteroatoms. The second-order valence-electron chi connectivity index (χ2n) is 5.70. The molecule has 0 aromatic heterocycles. The molecule has 3 amide bonds. The van der Waals surface area contributed by atoms with Crippen molar-refractivity contribution < 1.29 is 19.4 Å². The van der Waals surface area contributed by atoms with Gasteiger partial charge in [-0.15, -0.1) is 0 Å². The van der Waals surface area contributed by atoms with E-state index >= 15 is 0 Å². The van der Waals surface area contributed by atoms with Crippen LogP contribution in [0.4, 0.5) is 4.79 Å². The Hall–Kier alpha value is -2.70. The Kier molecular flexibility index (Phi) is 5.11. The molecule has 2 aromatic carbocycles. The molecular formula is C19H20N2O4. The van der Waals surface area contributed by atoms with Crippen LogP contribution in [0.2, 0.25) is 0 Å². The van der Waals surface area contributed by atoms with Crippen LogP contribution in [0.5, 0.6) is 0 Å². The molecule has 1 aliphatic rings. The normalized spacial score (nSPS) is 16.1. The molecule has 25 heavy (non-hydrogen) atoms. The van der Waals surface area contributed by atoms with E-state index in [2.05, 4.69) is 5.32 Å². The molecule has 1 aliphatic heterocycles. The summed E-state index contributed by atoms with van der Waals surface area (Å²) in [5.74, 6) is -0.331. The van der Waals surface area contributed by atoms with Gasteiger partial charge in [-0.3, -0.25) is 9.69 Å². The fourth-order valence-corrected chi connectivity index (χ4v) is 3.04. The van der Waals surface area contributed by atoms with E-state index in [1.54, 1.807) is 0 Å². The van der Waals surface area contributed by atoms with Crippen LogP contribution in [-0.4, -0.2) is 48.3 Å². The van der Waals surface area contributed by atoms with Crippen LogP contribution in [0.15, 0.2) is 60.7 Å². The lowest BCUT2D eigenvalue weighted by Gasteiger charge is -2.28. The maximum Gasteiger partial charge on any atom is 0.325 e. The summed E-state index contributed by atoms with van der Waals surface area (Å²) in [6, 6.07) is 18.0. The van der Waals surface area contributed by atoms with E-state index in [0.29, 0.717) is 11.1 Å². The SMILES string of the molecule is O=C1NC(c2ccccc2)(c2ccccc2)C(=O)N1CCOCCO. The zero-order valence-corrected chi connectivity index (χ0v) is 13.7. The standard InChI is InChI=1S/C19H20N2O4/c22-12-14-25-13-11-21-17(23)19(20-18(21)24,15-7-3-1-4-8-15)16-9-5-2-6-10-16/h1-10,22H,11-14H2,(H,20,24). The molecule has 1 fully saturated rings. The Balaban J connectivity index is 1.96. The van der Waals surface area contributed by atoms with Crippen molar-refractivity contribution in [3.8, 4) is 0 Å². The number of benzene rings is 2. The van der Waals surface area contributed by atoms with E-state index < -0.39 is 11.6 Å². The Morgan fingerprint density at radius 1 is 0.920 bits per heavy atom. The number of imide groups is 1. The van der Waals surface area contributed by atoms with E-state index in [0.717, 1.165) is 4.90 Å². The quantitative estimate of drug-likeness (QED) is 0.591. The van der Waals surface area contributed by atoms with Crippen molar-refractivity contribution in [1.29, 1.82) is 0 Å². The smallest absolute Gasteiger partial charge is 0.325 e. The molecule has 1 saturated heterocycles. The van der Waals surface area contributed by atoms with E-state index in [4.69, 9.17) is 9.84 Å². The summed E-state index contributed by atoms with van der Waals surface area (Å²) >= 11 is 0. The Labute approximate surface area is 146 Å². The van der Waals surface area contributed by atoms with Crippen LogP contribution in [0.25, 0.3) is 0 Å². The van der Waals surface area contributed by atoms with Crippen LogP contribution in [0.1, 0.15) is 11.1 Å². The van der Waals surface area contributed by atoms with Crippen molar-refractivity contribution in [2.45, 2.75) is 5.54 Å². The highest BCUT2D eigenvalue weighted by Crippen LogP contribution is 2.35. The third-order valence-electron chi connectivity index (χ3n) is 4.21. The van der Waals surface area contributed by atoms with E-state index in [1.165, 1.54) is 0 Å². The fraction of sp³-hybridized carbons (Fsp3) is 0.263. The van der Waals surface area contributed by atoms with Crippen LogP contribution < -0.4 is 5.32 Å². The van der Waals surface area contributed by atoms with Crippen LogP contribution in [0, 0.1) is 0 Å². The second-order valence-corrected chi connectivity index (χ2v) is 5.70. The number of rotatable bonds is 7. The average molecular weight is 340 g/mol. The highest BCUT2D eigenvalue weighted by molar-refractivity contribution is 6.09. The Morgan fingerprint density at radius 3 is 2.00 bits per heavy atom. The number of carbonyl (C=O) groups excluding carboxylic acids is 2. The number of aliphatic hydroxyl groups is 1. The van der Waals surface area contributed by atoms with Gasteiger partial charge in [0.15, 0.2) is 5.54 Å². The molecule has 0 saturated carbocycles. The molecule has 0 radical (unpaired) electrons. The number of hydrogen-bond donors (Lipinski definition) is 2. The first-order valence-electron chi connectivity index (χ1n) is 8.14. The minimum Gasteiger partial charge on any atom is -0.394 e. The van der Waals surface area contributed by atoms with Gasteiger partial charge >= 0.3 is 6.03 Å². The van der Waals surface area contributed by atoms with Crippen molar-refractivity contribution in [3.05, 3.63) is 71.8 Å². The summed E-state index contributed by atoms with van der Waals surface area (Å²) in [4.78, 5) is 26.9. The van der Waals surface area contributed by atoms with Gasteiger partial charge < -0.3 is 15.2 Å². The second kappa shape index (κ2) is 7.46. The Bertz CT molecular complexity index is 694. The number of carbonyl (C=O) groups is 2. The monoisotopic (exact) mass is 340 g/mol. The zero-order valence-electron chi connectivity index (χ0n) is 13.7. The molecule has 3 rings (SSSR count). The molecule has 6 nitrogen and oxygen atoms in total.